The average Bonchev–Trinajstić information content (AvgIpc) is 2.59. The summed E-state index contributed by atoms with van der Waals surface area (Å²) in [6.45, 7) is 0. The molecule has 0 fully saturated rings. The Morgan fingerprint density at radius 2 is 2.08 bits per heavy atom. The van der Waals surface area contributed by atoms with E-state index >= 15 is 0 Å². The third-order valence-electron chi connectivity index (χ3n) is 1.64. The van der Waals surface area contributed by atoms with Gasteiger partial charge in [-0.25, -0.2) is 4.98 Å². The van der Waals surface area contributed by atoms with Gasteiger partial charge in [-0.2, -0.15) is 10.5 Å². The highest BCUT2D eigenvalue weighted by atomic mass is 32.1. The lowest BCUT2D eigenvalue weighted by molar-refractivity contribution is 1.39. The summed E-state index contributed by atoms with van der Waals surface area (Å²) in [6.07, 6.45) is 0. The molecule has 1 heterocycles. The molecule has 4 heteroatoms. The topological polar surface area (TPSA) is 60.5 Å². The van der Waals surface area contributed by atoms with Crippen LogP contribution in [0.5, 0.6) is 0 Å². The van der Waals surface area contributed by atoms with Crippen LogP contribution in [0, 0.1) is 22.7 Å². The Hall–Kier alpha value is -1.91. The molecule has 0 amide bonds. The molecule has 3 nitrogen and oxygen atoms in total. The fourth-order valence-electron chi connectivity index (χ4n) is 1.09. The van der Waals surface area contributed by atoms with Gasteiger partial charge in [0.05, 0.1) is 10.3 Å². The predicted octanol–water partition coefficient (Wildman–Crippen LogP) is 2.04. The van der Waals surface area contributed by atoms with Crippen LogP contribution in [0.15, 0.2) is 18.2 Å². The lowest BCUT2D eigenvalue weighted by Gasteiger charge is -1.87. The monoisotopic (exact) mass is 185 g/mol. The van der Waals surface area contributed by atoms with Crippen LogP contribution in [-0.2, 0) is 0 Å². The maximum atomic E-state index is 8.75. The molecule has 1 aromatic carbocycles. The minimum absolute atomic E-state index is 0.401. The van der Waals surface area contributed by atoms with Gasteiger partial charge in [0.2, 0.25) is 0 Å². The molecule has 0 spiro atoms. The zero-order valence-corrected chi connectivity index (χ0v) is 7.30. The van der Waals surface area contributed by atoms with Gasteiger partial charge >= 0.3 is 0 Å². The van der Waals surface area contributed by atoms with Crippen molar-refractivity contribution in [3.8, 4) is 12.1 Å². The van der Waals surface area contributed by atoms with E-state index in [0.29, 0.717) is 16.1 Å². The van der Waals surface area contributed by atoms with Gasteiger partial charge in [-0.1, -0.05) is 6.07 Å². The number of hydrogen-bond acceptors (Lipinski definition) is 4. The predicted molar refractivity (Wildman–Crippen MR) is 49.1 cm³/mol. The second-order valence-electron chi connectivity index (χ2n) is 2.39. The van der Waals surface area contributed by atoms with Crippen molar-refractivity contribution in [2.24, 2.45) is 0 Å². The normalized spacial score (nSPS) is 9.38. The molecule has 0 unspecified atom stereocenters. The molecular formula is C9H3N3S. The second kappa shape index (κ2) is 2.85. The minimum atomic E-state index is 0.401. The average molecular weight is 185 g/mol. The van der Waals surface area contributed by atoms with Crippen molar-refractivity contribution >= 4 is 21.6 Å². The van der Waals surface area contributed by atoms with E-state index in [0.717, 1.165) is 4.70 Å². The van der Waals surface area contributed by atoms with Gasteiger partial charge in [-0.05, 0) is 12.1 Å². The molecule has 1 aromatic heterocycles. The van der Waals surface area contributed by atoms with Gasteiger partial charge in [0, 0.05) is 0 Å². The SMILES string of the molecule is N#Cc1nc2c(C#N)cccc2s1. The van der Waals surface area contributed by atoms with E-state index in [1.165, 1.54) is 11.3 Å². The zero-order valence-electron chi connectivity index (χ0n) is 6.48. The van der Waals surface area contributed by atoms with E-state index in [9.17, 15) is 0 Å². The van der Waals surface area contributed by atoms with Crippen LogP contribution in [-0.4, -0.2) is 4.98 Å². The van der Waals surface area contributed by atoms with Crippen LogP contribution in [0.1, 0.15) is 10.6 Å². The lowest BCUT2D eigenvalue weighted by Crippen LogP contribution is -1.76. The van der Waals surface area contributed by atoms with Gasteiger partial charge in [-0.3, -0.25) is 0 Å². The summed E-state index contributed by atoms with van der Waals surface area (Å²) in [6, 6.07) is 9.35. The van der Waals surface area contributed by atoms with Crippen LogP contribution in [0.4, 0.5) is 0 Å². The van der Waals surface area contributed by atoms with Crippen molar-refractivity contribution in [1.82, 2.24) is 4.98 Å². The number of fused-ring (bicyclic) bond motifs is 1. The molecule has 2 rings (SSSR count). The first-order valence-corrected chi connectivity index (χ1v) is 4.36. The molecule has 0 saturated carbocycles. The van der Waals surface area contributed by atoms with Gasteiger partial charge in [0.1, 0.15) is 17.7 Å². The Morgan fingerprint density at radius 3 is 2.77 bits per heavy atom. The molecule has 0 aliphatic carbocycles. The van der Waals surface area contributed by atoms with Crippen LogP contribution in [0.2, 0.25) is 0 Å². The molecule has 13 heavy (non-hydrogen) atoms. The quantitative estimate of drug-likeness (QED) is 0.631. The molecule has 0 bridgehead atoms. The van der Waals surface area contributed by atoms with Crippen LogP contribution < -0.4 is 0 Å². The van der Waals surface area contributed by atoms with Crippen molar-refractivity contribution in [1.29, 1.82) is 10.5 Å². The molecular weight excluding hydrogens is 182 g/mol. The number of rotatable bonds is 0. The van der Waals surface area contributed by atoms with Crippen molar-refractivity contribution in [3.63, 3.8) is 0 Å². The summed E-state index contributed by atoms with van der Waals surface area (Å²) in [4.78, 5) is 4.04. The van der Waals surface area contributed by atoms with E-state index in [2.05, 4.69) is 4.98 Å². The largest absolute Gasteiger partial charge is 0.224 e. The first kappa shape index (κ1) is 7.72. The summed E-state index contributed by atoms with van der Waals surface area (Å²) in [7, 11) is 0. The number of para-hydroxylation sites is 1. The summed E-state index contributed by atoms with van der Waals surface area (Å²) in [5.74, 6) is 0. The standard InChI is InChI=1S/C9H3N3S/c10-4-6-2-1-3-7-9(6)12-8(5-11)13-7/h1-3H. The van der Waals surface area contributed by atoms with Gasteiger partial charge in [-0.15, -0.1) is 11.3 Å². The van der Waals surface area contributed by atoms with E-state index in [1.807, 2.05) is 18.2 Å². The summed E-state index contributed by atoms with van der Waals surface area (Å²) in [5.41, 5.74) is 1.15. The van der Waals surface area contributed by atoms with Crippen molar-refractivity contribution in [2.45, 2.75) is 0 Å². The maximum Gasteiger partial charge on any atom is 0.195 e. The fraction of sp³-hybridized carbons (Fsp3) is 0. The maximum absolute atomic E-state index is 8.75. The Kier molecular flexibility index (Phi) is 1.70. The molecule has 0 aliphatic rings. The Morgan fingerprint density at radius 1 is 1.23 bits per heavy atom. The minimum Gasteiger partial charge on any atom is -0.224 e. The molecule has 0 aliphatic heterocycles. The Labute approximate surface area is 78.5 Å². The smallest absolute Gasteiger partial charge is 0.195 e. The number of thiazole rings is 1. The molecule has 0 atom stereocenters. The number of nitriles is 2. The third-order valence-corrected chi connectivity index (χ3v) is 2.56. The second-order valence-corrected chi connectivity index (χ2v) is 3.43. The third kappa shape index (κ3) is 1.14. The number of benzene rings is 1. The van der Waals surface area contributed by atoms with E-state index in [-0.39, 0.29) is 0 Å². The summed E-state index contributed by atoms with van der Waals surface area (Å²) >= 11 is 1.30. The fourth-order valence-corrected chi connectivity index (χ4v) is 1.88. The number of hydrogen-bond donors (Lipinski definition) is 0. The van der Waals surface area contributed by atoms with Crippen LogP contribution >= 0.6 is 11.3 Å². The van der Waals surface area contributed by atoms with Gasteiger partial charge in [0.25, 0.3) is 0 Å². The molecule has 2 aromatic rings. The highest BCUT2D eigenvalue weighted by molar-refractivity contribution is 7.19. The molecule has 0 saturated heterocycles. The summed E-state index contributed by atoms with van der Waals surface area (Å²) in [5, 5.41) is 17.8. The highest BCUT2D eigenvalue weighted by Gasteiger charge is 2.06. The van der Waals surface area contributed by atoms with E-state index in [1.54, 1.807) is 12.1 Å². The van der Waals surface area contributed by atoms with Crippen molar-refractivity contribution in [2.75, 3.05) is 0 Å². The van der Waals surface area contributed by atoms with Crippen LogP contribution in [0.3, 0.4) is 0 Å². The molecule has 0 radical (unpaired) electrons. The van der Waals surface area contributed by atoms with Gasteiger partial charge in [0.15, 0.2) is 5.01 Å². The molecule has 0 N–H and O–H groups in total. The molecule has 60 valence electrons. The van der Waals surface area contributed by atoms with E-state index < -0.39 is 0 Å². The van der Waals surface area contributed by atoms with Crippen LogP contribution in [0.25, 0.3) is 10.2 Å². The lowest BCUT2D eigenvalue weighted by atomic mass is 10.2. The van der Waals surface area contributed by atoms with Crippen molar-refractivity contribution in [3.05, 3.63) is 28.8 Å². The van der Waals surface area contributed by atoms with Gasteiger partial charge < -0.3 is 0 Å². The highest BCUT2D eigenvalue weighted by Crippen LogP contribution is 2.23. The first-order chi connectivity index (χ1) is 6.35. The number of nitrogens with zero attached hydrogens (tertiary/aromatic N) is 3. The zero-order chi connectivity index (χ0) is 9.26. The van der Waals surface area contributed by atoms with Crippen molar-refractivity contribution < 1.29 is 0 Å². The Balaban J connectivity index is 2.86. The number of aromatic nitrogens is 1. The van der Waals surface area contributed by atoms with E-state index in [4.69, 9.17) is 10.5 Å². The summed E-state index contributed by atoms with van der Waals surface area (Å²) < 4.78 is 0.885. The Bertz CT molecular complexity index is 542. The first-order valence-electron chi connectivity index (χ1n) is 3.55.